The van der Waals surface area contributed by atoms with Gasteiger partial charge in [-0.25, -0.2) is 0 Å². The van der Waals surface area contributed by atoms with E-state index in [4.69, 9.17) is 0 Å². The number of carbonyl (C=O) groups is 2. The number of benzene rings is 3. The Morgan fingerprint density at radius 1 is 0.968 bits per heavy atom. The lowest BCUT2D eigenvalue weighted by molar-refractivity contribution is -0.384. The van der Waals surface area contributed by atoms with Crippen LogP contribution in [0.25, 0.3) is 0 Å². The van der Waals surface area contributed by atoms with E-state index < -0.39 is 10.8 Å². The molecule has 158 valence electrons. The number of nitro benzene ring substituents is 1. The van der Waals surface area contributed by atoms with Crippen LogP contribution in [0.4, 0.5) is 17.1 Å². The molecule has 0 heterocycles. The summed E-state index contributed by atoms with van der Waals surface area (Å²) >= 11 is 1.39. The first kappa shape index (κ1) is 22.0. The van der Waals surface area contributed by atoms with Gasteiger partial charge in [-0.15, -0.1) is 11.8 Å². The Hall–Kier alpha value is -3.65. The molecule has 3 rings (SSSR count). The molecule has 0 aromatic heterocycles. The summed E-state index contributed by atoms with van der Waals surface area (Å²) in [6, 6.07) is 18.4. The maximum absolute atomic E-state index is 12.3. The summed E-state index contributed by atoms with van der Waals surface area (Å²) in [6.45, 7) is 3.97. The minimum atomic E-state index is -0.542. The van der Waals surface area contributed by atoms with E-state index >= 15 is 0 Å². The van der Waals surface area contributed by atoms with E-state index in [2.05, 4.69) is 10.6 Å². The van der Waals surface area contributed by atoms with E-state index in [9.17, 15) is 19.7 Å². The van der Waals surface area contributed by atoms with E-state index in [1.165, 1.54) is 36.0 Å². The van der Waals surface area contributed by atoms with Crippen molar-refractivity contribution in [3.63, 3.8) is 0 Å². The highest BCUT2D eigenvalue weighted by atomic mass is 32.2. The molecule has 0 bridgehead atoms. The topological polar surface area (TPSA) is 101 Å². The van der Waals surface area contributed by atoms with Gasteiger partial charge in [0.15, 0.2) is 0 Å². The van der Waals surface area contributed by atoms with Crippen LogP contribution >= 0.6 is 11.8 Å². The molecular weight excluding hydrogens is 414 g/mol. The summed E-state index contributed by atoms with van der Waals surface area (Å²) in [5.41, 5.74) is 3.60. The van der Waals surface area contributed by atoms with Gasteiger partial charge >= 0.3 is 0 Å². The second kappa shape index (κ2) is 9.90. The molecule has 0 fully saturated rings. The maximum atomic E-state index is 12.3. The minimum Gasteiger partial charge on any atom is -0.325 e. The molecule has 0 atom stereocenters. The van der Waals surface area contributed by atoms with E-state index in [-0.39, 0.29) is 22.9 Å². The average molecular weight is 436 g/mol. The van der Waals surface area contributed by atoms with Crippen LogP contribution in [0.2, 0.25) is 0 Å². The standard InChI is InChI=1S/C23H21N3O4S/c1-15-5-3-8-21(16(15)2)25-22(27)14-31-20-11-9-18(10-12-20)24-23(28)17-6-4-7-19(13-17)26(29)30/h3-13H,14H2,1-2H3,(H,24,28)(H,25,27). The fourth-order valence-corrected chi connectivity index (χ4v) is 3.52. The molecule has 3 aromatic carbocycles. The quantitative estimate of drug-likeness (QED) is 0.302. The fraction of sp³-hybridized carbons (Fsp3) is 0.130. The van der Waals surface area contributed by atoms with Crippen LogP contribution in [0.5, 0.6) is 0 Å². The molecule has 0 aliphatic carbocycles. The SMILES string of the molecule is Cc1cccc(NC(=O)CSc2ccc(NC(=O)c3cccc([N+](=O)[O-])c3)cc2)c1C. The number of nitrogens with one attached hydrogen (secondary N) is 2. The van der Waals surface area contributed by atoms with E-state index in [0.717, 1.165) is 21.7 Å². The van der Waals surface area contributed by atoms with Gasteiger partial charge in [-0.3, -0.25) is 19.7 Å². The van der Waals surface area contributed by atoms with Gasteiger partial charge in [0.25, 0.3) is 11.6 Å². The van der Waals surface area contributed by atoms with Crippen molar-refractivity contribution < 1.29 is 14.5 Å². The summed E-state index contributed by atoms with van der Waals surface area (Å²) < 4.78 is 0. The van der Waals surface area contributed by atoms with Crippen LogP contribution in [0.3, 0.4) is 0 Å². The molecule has 7 nitrogen and oxygen atoms in total. The molecule has 2 amide bonds. The van der Waals surface area contributed by atoms with Crippen molar-refractivity contribution in [3.05, 3.63) is 93.5 Å². The minimum absolute atomic E-state index is 0.0956. The van der Waals surface area contributed by atoms with Crippen molar-refractivity contribution >= 4 is 40.6 Å². The van der Waals surface area contributed by atoms with Gasteiger partial charge in [0.2, 0.25) is 5.91 Å². The summed E-state index contributed by atoms with van der Waals surface area (Å²) in [7, 11) is 0. The highest BCUT2D eigenvalue weighted by Gasteiger charge is 2.12. The molecule has 0 aliphatic heterocycles. The zero-order valence-electron chi connectivity index (χ0n) is 17.0. The Bertz CT molecular complexity index is 1130. The number of hydrogen-bond acceptors (Lipinski definition) is 5. The first-order valence-electron chi connectivity index (χ1n) is 9.48. The smallest absolute Gasteiger partial charge is 0.270 e. The van der Waals surface area contributed by atoms with Crippen LogP contribution in [-0.2, 0) is 4.79 Å². The van der Waals surface area contributed by atoms with E-state index in [1.807, 2.05) is 32.0 Å². The number of non-ortho nitro benzene ring substituents is 1. The van der Waals surface area contributed by atoms with Crippen LogP contribution in [0, 0.1) is 24.0 Å². The lowest BCUT2D eigenvalue weighted by Crippen LogP contribution is -2.15. The zero-order chi connectivity index (χ0) is 22.4. The molecule has 0 saturated carbocycles. The Labute approximate surface area is 184 Å². The van der Waals surface area contributed by atoms with Gasteiger partial charge < -0.3 is 10.6 Å². The van der Waals surface area contributed by atoms with Crippen LogP contribution in [0.1, 0.15) is 21.5 Å². The normalized spacial score (nSPS) is 10.4. The number of amides is 2. The lowest BCUT2D eigenvalue weighted by atomic mass is 10.1. The Kier molecular flexibility index (Phi) is 7.04. The van der Waals surface area contributed by atoms with Gasteiger partial charge in [0, 0.05) is 34.0 Å². The summed E-state index contributed by atoms with van der Waals surface area (Å²) in [6.07, 6.45) is 0. The monoisotopic (exact) mass is 435 g/mol. The van der Waals surface area contributed by atoms with Crippen molar-refractivity contribution in [1.29, 1.82) is 0 Å². The Morgan fingerprint density at radius 3 is 2.39 bits per heavy atom. The molecule has 8 heteroatoms. The molecular formula is C23H21N3O4S. The molecule has 0 aliphatic rings. The van der Waals surface area contributed by atoms with E-state index in [0.29, 0.717) is 5.69 Å². The van der Waals surface area contributed by atoms with Gasteiger partial charge in [-0.05, 0) is 61.4 Å². The van der Waals surface area contributed by atoms with Gasteiger partial charge in [-0.2, -0.15) is 0 Å². The predicted molar refractivity (Wildman–Crippen MR) is 123 cm³/mol. The first-order chi connectivity index (χ1) is 14.8. The third kappa shape index (κ3) is 5.93. The maximum Gasteiger partial charge on any atom is 0.270 e. The number of thioether (sulfide) groups is 1. The highest BCUT2D eigenvalue weighted by molar-refractivity contribution is 8.00. The Balaban J connectivity index is 1.54. The van der Waals surface area contributed by atoms with Crippen molar-refractivity contribution in [2.75, 3.05) is 16.4 Å². The molecule has 2 N–H and O–H groups in total. The molecule has 0 saturated heterocycles. The van der Waals surface area contributed by atoms with Gasteiger partial charge in [0.1, 0.15) is 0 Å². The lowest BCUT2D eigenvalue weighted by Gasteiger charge is -2.10. The van der Waals surface area contributed by atoms with Crippen molar-refractivity contribution in [3.8, 4) is 0 Å². The van der Waals surface area contributed by atoms with Crippen molar-refractivity contribution in [2.24, 2.45) is 0 Å². The van der Waals surface area contributed by atoms with Crippen molar-refractivity contribution in [2.45, 2.75) is 18.7 Å². The number of aryl methyl sites for hydroxylation is 1. The number of rotatable bonds is 7. The molecule has 0 radical (unpaired) electrons. The number of nitro groups is 1. The Morgan fingerprint density at radius 2 is 1.68 bits per heavy atom. The largest absolute Gasteiger partial charge is 0.325 e. The number of carbonyl (C=O) groups excluding carboxylic acids is 2. The second-order valence-corrected chi connectivity index (χ2v) is 7.92. The molecule has 31 heavy (non-hydrogen) atoms. The summed E-state index contributed by atoms with van der Waals surface area (Å²) in [5.74, 6) is -0.272. The van der Waals surface area contributed by atoms with Crippen LogP contribution < -0.4 is 10.6 Å². The highest BCUT2D eigenvalue weighted by Crippen LogP contribution is 2.23. The molecule has 0 unspecified atom stereocenters. The average Bonchev–Trinajstić information content (AvgIpc) is 2.76. The number of hydrogen-bond donors (Lipinski definition) is 2. The summed E-state index contributed by atoms with van der Waals surface area (Å²) in [5, 5.41) is 16.5. The zero-order valence-corrected chi connectivity index (χ0v) is 17.9. The third-order valence-corrected chi connectivity index (χ3v) is 5.69. The first-order valence-corrected chi connectivity index (χ1v) is 10.5. The summed E-state index contributed by atoms with van der Waals surface area (Å²) in [4.78, 5) is 35.8. The van der Waals surface area contributed by atoms with Crippen LogP contribution in [-0.4, -0.2) is 22.5 Å². The second-order valence-electron chi connectivity index (χ2n) is 6.87. The van der Waals surface area contributed by atoms with Gasteiger partial charge in [0.05, 0.1) is 10.7 Å². The molecule has 3 aromatic rings. The molecule has 0 spiro atoms. The van der Waals surface area contributed by atoms with E-state index in [1.54, 1.807) is 24.3 Å². The van der Waals surface area contributed by atoms with Gasteiger partial charge in [-0.1, -0.05) is 18.2 Å². The number of anilines is 2. The van der Waals surface area contributed by atoms with Crippen LogP contribution in [0.15, 0.2) is 71.6 Å². The predicted octanol–water partition coefficient (Wildman–Crippen LogP) is 5.19. The number of nitrogens with zero attached hydrogens (tertiary/aromatic N) is 1. The van der Waals surface area contributed by atoms with Crippen molar-refractivity contribution in [1.82, 2.24) is 0 Å². The third-order valence-electron chi connectivity index (χ3n) is 4.68. The fourth-order valence-electron chi connectivity index (χ4n) is 2.82.